The molecule has 7 heteroatoms. The van der Waals surface area contributed by atoms with Gasteiger partial charge in [-0.3, -0.25) is 4.79 Å². The second-order valence-corrected chi connectivity index (χ2v) is 8.55. The molecule has 0 radical (unpaired) electrons. The first-order valence-electron chi connectivity index (χ1n) is 10.1. The van der Waals surface area contributed by atoms with Crippen molar-refractivity contribution in [1.29, 1.82) is 0 Å². The van der Waals surface area contributed by atoms with Gasteiger partial charge in [0.2, 0.25) is 5.91 Å². The third kappa shape index (κ3) is 4.21. The summed E-state index contributed by atoms with van der Waals surface area (Å²) in [4.78, 5) is 32.1. The first kappa shape index (κ1) is 20.5. The van der Waals surface area contributed by atoms with Gasteiger partial charge in [0.25, 0.3) is 0 Å². The molecule has 1 N–H and O–H groups in total. The van der Waals surface area contributed by atoms with Crippen molar-refractivity contribution in [3.05, 3.63) is 70.4 Å². The first-order valence-corrected chi connectivity index (χ1v) is 10.9. The van der Waals surface area contributed by atoms with E-state index in [4.69, 9.17) is 4.74 Å². The highest BCUT2D eigenvalue weighted by atomic mass is 32.2. The Hall–Kier alpha value is -2.80. The lowest BCUT2D eigenvalue weighted by molar-refractivity contribution is -0.138. The van der Waals surface area contributed by atoms with Crippen molar-refractivity contribution in [2.75, 3.05) is 6.61 Å². The summed E-state index contributed by atoms with van der Waals surface area (Å²) in [5, 5.41) is 5.77. The number of carbonyl (C=O) groups excluding carboxylic acids is 2. The van der Waals surface area contributed by atoms with E-state index >= 15 is 0 Å². The Morgan fingerprint density at radius 3 is 2.87 bits per heavy atom. The van der Waals surface area contributed by atoms with Crippen LogP contribution in [-0.2, 0) is 14.3 Å². The molecule has 1 aromatic rings. The maximum absolute atomic E-state index is 13.0. The van der Waals surface area contributed by atoms with Gasteiger partial charge in [-0.15, -0.1) is 0 Å². The van der Waals surface area contributed by atoms with Crippen LogP contribution >= 0.6 is 11.8 Å². The summed E-state index contributed by atoms with van der Waals surface area (Å²) in [6.45, 7) is 7.61. The molecule has 3 aliphatic rings. The van der Waals surface area contributed by atoms with E-state index < -0.39 is 12.0 Å². The molecular weight excluding hydrogens is 398 g/mol. The lowest BCUT2D eigenvalue weighted by atomic mass is 9.93. The van der Waals surface area contributed by atoms with Gasteiger partial charge in [-0.2, -0.15) is 0 Å². The SMILES string of the molecule is C=CCOC(=O)C1=C(C)N=C2SC=C(CC(=O)NC3CC3)N2C1c1cccc(C)c1. The largest absolute Gasteiger partial charge is 0.458 e. The number of nitrogens with one attached hydrogen (secondary N) is 1. The zero-order chi connectivity index (χ0) is 21.3. The number of hydrogen-bond acceptors (Lipinski definition) is 6. The second-order valence-electron chi connectivity index (χ2n) is 7.71. The van der Waals surface area contributed by atoms with Gasteiger partial charge in [0.1, 0.15) is 6.61 Å². The molecule has 30 heavy (non-hydrogen) atoms. The molecule has 1 amide bonds. The number of thioether (sulfide) groups is 1. The summed E-state index contributed by atoms with van der Waals surface area (Å²) in [6.07, 6.45) is 3.89. The standard InChI is InChI=1S/C23H25N3O3S/c1-4-10-29-22(28)20-15(3)24-23-26(21(20)16-7-5-6-14(2)11-16)18(13-30-23)12-19(27)25-17-8-9-17/h4-7,11,13,17,21H,1,8-10,12H2,2-3H3,(H,25,27). The van der Waals surface area contributed by atoms with Crippen molar-refractivity contribution in [2.45, 2.75) is 45.2 Å². The van der Waals surface area contributed by atoms with Crippen LogP contribution in [0.2, 0.25) is 0 Å². The zero-order valence-corrected chi connectivity index (χ0v) is 18.0. The van der Waals surface area contributed by atoms with Crippen molar-refractivity contribution in [3.63, 3.8) is 0 Å². The summed E-state index contributed by atoms with van der Waals surface area (Å²) in [7, 11) is 0. The van der Waals surface area contributed by atoms with E-state index in [-0.39, 0.29) is 18.9 Å². The monoisotopic (exact) mass is 423 g/mol. The van der Waals surface area contributed by atoms with Crippen LogP contribution in [0.5, 0.6) is 0 Å². The van der Waals surface area contributed by atoms with Crippen molar-refractivity contribution in [1.82, 2.24) is 10.2 Å². The number of allylic oxidation sites excluding steroid dienone is 1. The highest BCUT2D eigenvalue weighted by Crippen LogP contribution is 2.45. The number of ether oxygens (including phenoxy) is 1. The summed E-state index contributed by atoms with van der Waals surface area (Å²) in [5.74, 6) is -0.420. The Bertz CT molecular complexity index is 991. The molecule has 0 aromatic heterocycles. The van der Waals surface area contributed by atoms with Gasteiger partial charge < -0.3 is 15.0 Å². The van der Waals surface area contributed by atoms with Crippen molar-refractivity contribution in [3.8, 4) is 0 Å². The topological polar surface area (TPSA) is 71.0 Å². The quantitative estimate of drug-likeness (QED) is 0.531. The van der Waals surface area contributed by atoms with E-state index in [1.807, 2.05) is 42.4 Å². The van der Waals surface area contributed by atoms with E-state index in [1.165, 1.54) is 11.8 Å². The number of amidine groups is 1. The first-order chi connectivity index (χ1) is 14.5. The number of benzene rings is 1. The minimum atomic E-state index is -0.416. The number of fused-ring (bicyclic) bond motifs is 1. The fraction of sp³-hybridized carbons (Fsp3) is 0.348. The molecule has 1 atom stereocenters. The third-order valence-electron chi connectivity index (χ3n) is 5.19. The Morgan fingerprint density at radius 2 is 2.17 bits per heavy atom. The van der Waals surface area contributed by atoms with Gasteiger partial charge in [-0.05, 0) is 37.7 Å². The van der Waals surface area contributed by atoms with E-state index in [9.17, 15) is 9.59 Å². The number of nitrogens with zero attached hydrogens (tertiary/aromatic N) is 2. The summed E-state index contributed by atoms with van der Waals surface area (Å²) in [5.41, 5.74) is 4.01. The molecule has 0 saturated heterocycles. The summed E-state index contributed by atoms with van der Waals surface area (Å²) < 4.78 is 5.39. The second kappa shape index (κ2) is 8.52. The molecule has 4 rings (SSSR count). The number of hydrogen-bond donors (Lipinski definition) is 1. The molecule has 1 unspecified atom stereocenters. The highest BCUT2D eigenvalue weighted by Gasteiger charge is 2.41. The maximum atomic E-state index is 13.0. The molecule has 1 aliphatic carbocycles. The molecule has 1 saturated carbocycles. The van der Waals surface area contributed by atoms with Crippen LogP contribution in [0.25, 0.3) is 0 Å². The van der Waals surface area contributed by atoms with Crippen molar-refractivity contribution < 1.29 is 14.3 Å². The van der Waals surface area contributed by atoms with Crippen molar-refractivity contribution >= 4 is 28.8 Å². The van der Waals surface area contributed by atoms with Crippen LogP contribution in [0.4, 0.5) is 0 Å². The molecule has 2 aliphatic heterocycles. The minimum absolute atomic E-state index is 0.00403. The molecule has 0 bridgehead atoms. The number of rotatable bonds is 7. The van der Waals surface area contributed by atoms with E-state index in [0.29, 0.717) is 17.3 Å². The van der Waals surface area contributed by atoms with Crippen LogP contribution in [0.1, 0.15) is 43.4 Å². The Balaban J connectivity index is 1.71. The lowest BCUT2D eigenvalue weighted by Crippen LogP contribution is -2.38. The van der Waals surface area contributed by atoms with E-state index in [1.54, 1.807) is 6.08 Å². The van der Waals surface area contributed by atoms with E-state index in [2.05, 4.69) is 23.0 Å². The number of aryl methyl sites for hydroxylation is 1. The van der Waals surface area contributed by atoms with Crippen LogP contribution in [0.15, 0.2) is 64.3 Å². The Kier molecular flexibility index (Phi) is 5.81. The van der Waals surface area contributed by atoms with Crippen LogP contribution in [0, 0.1) is 6.92 Å². The van der Waals surface area contributed by atoms with Crippen LogP contribution < -0.4 is 5.32 Å². The Labute approximate surface area is 180 Å². The summed E-state index contributed by atoms with van der Waals surface area (Å²) >= 11 is 1.48. The van der Waals surface area contributed by atoms with Crippen molar-refractivity contribution in [2.24, 2.45) is 4.99 Å². The maximum Gasteiger partial charge on any atom is 0.338 e. The fourth-order valence-electron chi connectivity index (χ4n) is 3.67. The predicted molar refractivity (Wildman–Crippen MR) is 119 cm³/mol. The van der Waals surface area contributed by atoms with E-state index in [0.717, 1.165) is 34.8 Å². The molecule has 0 spiro atoms. The molecule has 1 aromatic carbocycles. The predicted octanol–water partition coefficient (Wildman–Crippen LogP) is 3.97. The highest BCUT2D eigenvalue weighted by molar-refractivity contribution is 8.16. The molecule has 156 valence electrons. The smallest absolute Gasteiger partial charge is 0.338 e. The van der Waals surface area contributed by atoms with Gasteiger partial charge in [0.05, 0.1) is 23.7 Å². The molecule has 6 nitrogen and oxygen atoms in total. The van der Waals surface area contributed by atoms with Gasteiger partial charge in [-0.1, -0.05) is 54.2 Å². The lowest BCUT2D eigenvalue weighted by Gasteiger charge is -2.36. The molecule has 2 heterocycles. The number of amides is 1. The average molecular weight is 424 g/mol. The molecular formula is C23H25N3O3S. The minimum Gasteiger partial charge on any atom is -0.458 e. The van der Waals surface area contributed by atoms with Gasteiger partial charge in [0.15, 0.2) is 5.17 Å². The van der Waals surface area contributed by atoms with Gasteiger partial charge >= 0.3 is 5.97 Å². The van der Waals surface area contributed by atoms with Crippen LogP contribution in [0.3, 0.4) is 0 Å². The number of aliphatic imine (C=N–C) groups is 1. The average Bonchev–Trinajstić information content (AvgIpc) is 3.44. The van der Waals surface area contributed by atoms with Gasteiger partial charge in [-0.25, -0.2) is 9.79 Å². The molecule has 1 fully saturated rings. The third-order valence-corrected chi connectivity index (χ3v) is 6.08. The number of carbonyl (C=O) groups is 2. The fourth-order valence-corrected chi connectivity index (χ4v) is 4.63. The Morgan fingerprint density at radius 1 is 1.37 bits per heavy atom. The number of esters is 1. The normalized spacial score (nSPS) is 20.3. The summed E-state index contributed by atoms with van der Waals surface area (Å²) in [6, 6.07) is 7.97. The zero-order valence-electron chi connectivity index (χ0n) is 17.2. The van der Waals surface area contributed by atoms with Gasteiger partial charge in [0, 0.05) is 11.7 Å². The van der Waals surface area contributed by atoms with Crippen LogP contribution in [-0.4, -0.2) is 34.6 Å².